The Hall–Kier alpha value is -1.58. The van der Waals surface area contributed by atoms with Gasteiger partial charge in [-0.05, 0) is 17.7 Å². The number of benzene rings is 1. The minimum Gasteiger partial charge on any atom is -0.497 e. The van der Waals surface area contributed by atoms with E-state index < -0.39 is 17.6 Å². The Morgan fingerprint density at radius 2 is 2.13 bits per heavy atom. The van der Waals surface area contributed by atoms with Crippen LogP contribution in [0.5, 0.6) is 5.75 Å². The summed E-state index contributed by atoms with van der Waals surface area (Å²) in [5, 5.41) is 8.69. The quantitative estimate of drug-likeness (QED) is 0.829. The number of halogens is 1. The van der Waals surface area contributed by atoms with Crippen molar-refractivity contribution in [2.24, 2.45) is 5.92 Å². The molecule has 0 spiro atoms. The minimum absolute atomic E-state index is 0.0641. The summed E-state index contributed by atoms with van der Waals surface area (Å²) >= 11 is 0. The topological polar surface area (TPSA) is 46.5 Å². The zero-order valence-electron chi connectivity index (χ0n) is 8.24. The highest BCUT2D eigenvalue weighted by Crippen LogP contribution is 2.55. The number of methoxy groups -OCH3 is 1. The number of carboxylic acids is 1. The van der Waals surface area contributed by atoms with E-state index in [0.717, 1.165) is 0 Å². The molecule has 3 nitrogen and oxygen atoms in total. The molecule has 1 N–H and O–H groups in total. The third-order valence-electron chi connectivity index (χ3n) is 2.76. The first-order valence-corrected chi connectivity index (χ1v) is 4.64. The van der Waals surface area contributed by atoms with Gasteiger partial charge in [-0.2, -0.15) is 0 Å². The first-order valence-electron chi connectivity index (χ1n) is 4.64. The number of carboxylic acid groups (broad SMARTS) is 1. The molecular weight excluding hydrogens is 199 g/mol. The lowest BCUT2D eigenvalue weighted by molar-refractivity contribution is -0.139. The van der Waals surface area contributed by atoms with Crippen LogP contribution in [0.15, 0.2) is 24.3 Å². The largest absolute Gasteiger partial charge is 0.497 e. The second-order valence-electron chi connectivity index (χ2n) is 3.69. The maximum Gasteiger partial charge on any atom is 0.310 e. The van der Waals surface area contributed by atoms with Crippen LogP contribution >= 0.6 is 0 Å². The Kier molecular flexibility index (Phi) is 2.14. The average Bonchev–Trinajstić information content (AvgIpc) is 2.93. The molecule has 1 aliphatic rings. The molecule has 0 aromatic heterocycles. The lowest BCUT2D eigenvalue weighted by Crippen LogP contribution is -2.09. The van der Waals surface area contributed by atoms with Gasteiger partial charge in [0.25, 0.3) is 0 Å². The van der Waals surface area contributed by atoms with Crippen molar-refractivity contribution in [3.8, 4) is 5.75 Å². The van der Waals surface area contributed by atoms with E-state index in [-0.39, 0.29) is 6.42 Å². The maximum atomic E-state index is 14.0. The highest BCUT2D eigenvalue weighted by atomic mass is 19.1. The molecule has 1 aromatic rings. The Labute approximate surface area is 86.5 Å². The molecule has 0 aliphatic heterocycles. The fourth-order valence-electron chi connectivity index (χ4n) is 1.71. The minimum atomic E-state index is -1.68. The molecular formula is C11H11FO3. The van der Waals surface area contributed by atoms with Crippen LogP contribution in [0.25, 0.3) is 0 Å². The van der Waals surface area contributed by atoms with E-state index >= 15 is 0 Å². The number of carbonyl (C=O) groups is 1. The Bertz CT molecular complexity index is 387. The number of alkyl halides is 1. The molecule has 0 heterocycles. The summed E-state index contributed by atoms with van der Waals surface area (Å²) in [5.74, 6) is -1.34. The van der Waals surface area contributed by atoms with Gasteiger partial charge in [0.15, 0.2) is 0 Å². The van der Waals surface area contributed by atoms with E-state index in [1.807, 2.05) is 0 Å². The van der Waals surface area contributed by atoms with E-state index in [9.17, 15) is 9.18 Å². The van der Waals surface area contributed by atoms with E-state index in [1.54, 1.807) is 24.3 Å². The lowest BCUT2D eigenvalue weighted by atomic mass is 10.1. The summed E-state index contributed by atoms with van der Waals surface area (Å²) in [4.78, 5) is 10.6. The molecule has 15 heavy (non-hydrogen) atoms. The van der Waals surface area contributed by atoms with Crippen LogP contribution in [0, 0.1) is 5.92 Å². The predicted molar refractivity (Wildman–Crippen MR) is 51.5 cm³/mol. The molecule has 0 amide bonds. The maximum absolute atomic E-state index is 14.0. The van der Waals surface area contributed by atoms with Gasteiger partial charge in [-0.3, -0.25) is 4.79 Å². The summed E-state index contributed by atoms with van der Waals surface area (Å²) in [6.07, 6.45) is 0.0641. The molecule has 0 unspecified atom stereocenters. The number of ether oxygens (including phenoxy) is 1. The second-order valence-corrected chi connectivity index (χ2v) is 3.69. The van der Waals surface area contributed by atoms with Crippen LogP contribution < -0.4 is 4.74 Å². The first-order chi connectivity index (χ1) is 7.08. The normalized spacial score (nSPS) is 28.5. The standard InChI is InChI=1S/C11H11FO3/c1-15-8-4-2-7(3-5-8)11(12)6-9(11)10(13)14/h2-5,9H,6H2,1H3,(H,13,14)/t9-,11-/m0/s1. The Morgan fingerprint density at radius 3 is 2.53 bits per heavy atom. The van der Waals surface area contributed by atoms with Crippen LogP contribution in [0.3, 0.4) is 0 Å². The van der Waals surface area contributed by atoms with E-state index in [4.69, 9.17) is 9.84 Å². The smallest absolute Gasteiger partial charge is 0.310 e. The summed E-state index contributed by atoms with van der Waals surface area (Å²) in [6, 6.07) is 6.41. The van der Waals surface area contributed by atoms with Gasteiger partial charge in [0, 0.05) is 6.42 Å². The summed E-state index contributed by atoms with van der Waals surface area (Å²) < 4.78 is 18.9. The van der Waals surface area contributed by atoms with Gasteiger partial charge >= 0.3 is 5.97 Å². The average molecular weight is 210 g/mol. The van der Waals surface area contributed by atoms with Crippen molar-refractivity contribution in [1.29, 1.82) is 0 Å². The van der Waals surface area contributed by atoms with Crippen LogP contribution in [0.1, 0.15) is 12.0 Å². The highest BCUT2D eigenvalue weighted by molar-refractivity contribution is 5.76. The molecule has 0 radical (unpaired) electrons. The van der Waals surface area contributed by atoms with E-state index in [1.165, 1.54) is 7.11 Å². The van der Waals surface area contributed by atoms with Crippen molar-refractivity contribution >= 4 is 5.97 Å². The third kappa shape index (κ3) is 1.56. The summed E-state index contributed by atoms with van der Waals surface area (Å²) in [5.41, 5.74) is -1.27. The monoisotopic (exact) mass is 210 g/mol. The fourth-order valence-corrected chi connectivity index (χ4v) is 1.71. The van der Waals surface area contributed by atoms with Crippen LogP contribution in [-0.4, -0.2) is 18.2 Å². The third-order valence-corrected chi connectivity index (χ3v) is 2.76. The van der Waals surface area contributed by atoms with E-state index in [2.05, 4.69) is 0 Å². The molecule has 1 aliphatic carbocycles. The zero-order chi connectivity index (χ0) is 11.1. The summed E-state index contributed by atoms with van der Waals surface area (Å²) in [7, 11) is 1.53. The zero-order valence-corrected chi connectivity index (χ0v) is 8.24. The molecule has 1 saturated carbocycles. The highest BCUT2D eigenvalue weighted by Gasteiger charge is 2.61. The SMILES string of the molecule is COc1ccc([C@@]2(F)C[C@H]2C(=O)O)cc1. The van der Waals surface area contributed by atoms with Gasteiger partial charge in [-0.15, -0.1) is 0 Å². The van der Waals surface area contributed by atoms with Crippen LogP contribution in [0.4, 0.5) is 4.39 Å². The van der Waals surface area contributed by atoms with E-state index in [0.29, 0.717) is 11.3 Å². The molecule has 2 atom stereocenters. The van der Waals surface area contributed by atoms with Gasteiger partial charge in [0.2, 0.25) is 0 Å². The second kappa shape index (κ2) is 3.22. The number of hydrogen-bond acceptors (Lipinski definition) is 2. The molecule has 1 aromatic carbocycles. The van der Waals surface area contributed by atoms with Gasteiger partial charge in [0.1, 0.15) is 11.4 Å². The van der Waals surface area contributed by atoms with Crippen molar-refractivity contribution in [1.82, 2.24) is 0 Å². The summed E-state index contributed by atoms with van der Waals surface area (Å²) in [6.45, 7) is 0. The molecule has 0 saturated heterocycles. The van der Waals surface area contributed by atoms with Crippen molar-refractivity contribution in [3.63, 3.8) is 0 Å². The number of hydrogen-bond donors (Lipinski definition) is 1. The Morgan fingerprint density at radius 1 is 1.53 bits per heavy atom. The van der Waals surface area contributed by atoms with Crippen molar-refractivity contribution in [2.75, 3.05) is 7.11 Å². The van der Waals surface area contributed by atoms with Crippen molar-refractivity contribution in [3.05, 3.63) is 29.8 Å². The van der Waals surface area contributed by atoms with Gasteiger partial charge in [-0.25, -0.2) is 4.39 Å². The van der Waals surface area contributed by atoms with Gasteiger partial charge < -0.3 is 9.84 Å². The number of aliphatic carboxylic acids is 1. The van der Waals surface area contributed by atoms with Crippen molar-refractivity contribution < 1.29 is 19.0 Å². The van der Waals surface area contributed by atoms with Gasteiger partial charge in [-0.1, -0.05) is 12.1 Å². The molecule has 0 bridgehead atoms. The van der Waals surface area contributed by atoms with Crippen molar-refractivity contribution in [2.45, 2.75) is 12.1 Å². The van der Waals surface area contributed by atoms with Gasteiger partial charge in [0.05, 0.1) is 13.0 Å². The number of rotatable bonds is 3. The fraction of sp³-hybridized carbons (Fsp3) is 0.364. The molecule has 80 valence electrons. The Balaban J connectivity index is 2.21. The predicted octanol–water partition coefficient (Wildman–Crippen LogP) is 1.96. The van der Waals surface area contributed by atoms with Crippen LogP contribution in [0.2, 0.25) is 0 Å². The van der Waals surface area contributed by atoms with Crippen LogP contribution in [-0.2, 0) is 10.5 Å². The molecule has 4 heteroatoms. The molecule has 2 rings (SSSR count). The first kappa shape index (κ1) is 9.96. The molecule has 1 fully saturated rings. The lowest BCUT2D eigenvalue weighted by Gasteiger charge is -2.07.